The first-order valence-electron chi connectivity index (χ1n) is 11.8. The van der Waals surface area contributed by atoms with Crippen LogP contribution in [0.5, 0.6) is 0 Å². The molecule has 2 heteroatoms. The third-order valence-corrected chi connectivity index (χ3v) is 6.30. The van der Waals surface area contributed by atoms with Gasteiger partial charge in [-0.05, 0) is 57.4 Å². The molecule has 0 unspecified atom stereocenters. The minimum Gasteiger partial charge on any atom is -0.289 e. The summed E-state index contributed by atoms with van der Waals surface area (Å²) >= 11 is 0. The summed E-state index contributed by atoms with van der Waals surface area (Å²) in [5.41, 5.74) is 6.00. The summed E-state index contributed by atoms with van der Waals surface area (Å²) in [4.78, 5) is 27.0. The second-order valence-electron chi connectivity index (χ2n) is 11.0. The topological polar surface area (TPSA) is 34.1 Å². The van der Waals surface area contributed by atoms with Crippen molar-refractivity contribution >= 4 is 22.7 Å². The summed E-state index contributed by atoms with van der Waals surface area (Å²) in [5, 5.41) is 0. The summed E-state index contributed by atoms with van der Waals surface area (Å²) in [6.07, 6.45) is 7.98. The molecular formula is C32H32O2. The summed E-state index contributed by atoms with van der Waals surface area (Å²) in [6.45, 7) is 12.4. The Bertz CT molecular complexity index is 1200. The van der Waals surface area contributed by atoms with E-state index in [9.17, 15) is 9.59 Å². The van der Waals surface area contributed by atoms with E-state index in [2.05, 4.69) is 41.5 Å². The highest BCUT2D eigenvalue weighted by atomic mass is 16.1. The second kappa shape index (κ2) is 8.68. The minimum atomic E-state index is -0.296. The monoisotopic (exact) mass is 448 g/mol. The number of ketones is 2. The highest BCUT2D eigenvalue weighted by molar-refractivity contribution is 6.44. The normalized spacial score (nSPS) is 17.2. The molecule has 0 amide bonds. The van der Waals surface area contributed by atoms with Gasteiger partial charge in [0, 0.05) is 22.3 Å². The van der Waals surface area contributed by atoms with Gasteiger partial charge in [-0.25, -0.2) is 0 Å². The molecule has 0 saturated carbocycles. The van der Waals surface area contributed by atoms with E-state index in [1.54, 1.807) is 0 Å². The second-order valence-corrected chi connectivity index (χ2v) is 11.0. The van der Waals surface area contributed by atoms with Gasteiger partial charge in [0.25, 0.3) is 0 Å². The van der Waals surface area contributed by atoms with Crippen molar-refractivity contribution in [3.05, 3.63) is 118 Å². The first-order valence-corrected chi connectivity index (χ1v) is 11.8. The standard InChI is InChI=1S/C32H32O2/c1-31(2,3)27-19-24(20-28(30(27)34)32(4,5)6)23-17-25(21-13-9-7-10-14-21)29(33)26(18-23)22-15-11-8-12-16-22/h7-20H,1-6H3. The lowest BCUT2D eigenvalue weighted by molar-refractivity contribution is -0.114. The maximum absolute atomic E-state index is 13.6. The van der Waals surface area contributed by atoms with Crippen LogP contribution in [0, 0.1) is 10.8 Å². The highest BCUT2D eigenvalue weighted by Crippen LogP contribution is 2.41. The van der Waals surface area contributed by atoms with E-state index < -0.39 is 0 Å². The Morgan fingerprint density at radius 2 is 0.824 bits per heavy atom. The molecule has 0 bridgehead atoms. The number of Topliss-reactive ketones (excluding diaryl/α,β-unsaturated/α-hetero) is 2. The van der Waals surface area contributed by atoms with E-state index in [4.69, 9.17) is 0 Å². The van der Waals surface area contributed by atoms with Crippen molar-refractivity contribution in [2.24, 2.45) is 10.8 Å². The summed E-state index contributed by atoms with van der Waals surface area (Å²) in [5.74, 6) is 0.115. The van der Waals surface area contributed by atoms with E-state index in [0.29, 0.717) is 11.1 Å². The molecule has 2 aliphatic rings. The van der Waals surface area contributed by atoms with Crippen LogP contribution >= 0.6 is 0 Å². The van der Waals surface area contributed by atoms with Gasteiger partial charge in [-0.1, -0.05) is 102 Å². The molecular weight excluding hydrogens is 416 g/mol. The maximum atomic E-state index is 13.6. The van der Waals surface area contributed by atoms with Crippen molar-refractivity contribution in [1.29, 1.82) is 0 Å². The molecule has 0 aliphatic heterocycles. The lowest BCUT2D eigenvalue weighted by Crippen LogP contribution is -2.28. The number of benzene rings is 2. The van der Waals surface area contributed by atoms with Crippen molar-refractivity contribution in [1.82, 2.24) is 0 Å². The number of carbonyl (C=O) groups excluding carboxylic acids is 2. The Morgan fingerprint density at radius 1 is 0.471 bits per heavy atom. The summed E-state index contributed by atoms with van der Waals surface area (Å²) in [7, 11) is 0. The van der Waals surface area contributed by atoms with Gasteiger partial charge in [0.05, 0.1) is 0 Å². The SMILES string of the molecule is CC(C)(C)C1=CC(=C2C=C(c3ccccc3)C(=O)C(c3ccccc3)=C2)C=C(C(C)(C)C)C1=O. The van der Waals surface area contributed by atoms with Gasteiger partial charge >= 0.3 is 0 Å². The number of carbonyl (C=O) groups is 2. The number of rotatable bonds is 2. The molecule has 2 aromatic rings. The van der Waals surface area contributed by atoms with Gasteiger partial charge in [0.2, 0.25) is 0 Å². The molecule has 172 valence electrons. The van der Waals surface area contributed by atoms with Gasteiger partial charge in [0.15, 0.2) is 11.6 Å². The Kier molecular flexibility index (Phi) is 6.03. The molecule has 2 aliphatic carbocycles. The third kappa shape index (κ3) is 4.59. The zero-order chi connectivity index (χ0) is 24.7. The predicted molar refractivity (Wildman–Crippen MR) is 141 cm³/mol. The average molecular weight is 449 g/mol. The summed E-state index contributed by atoms with van der Waals surface area (Å²) in [6, 6.07) is 19.6. The molecule has 4 rings (SSSR count). The first-order chi connectivity index (χ1) is 16.0. The van der Waals surface area contributed by atoms with Crippen LogP contribution in [0.2, 0.25) is 0 Å². The average Bonchev–Trinajstić information content (AvgIpc) is 2.79. The maximum Gasteiger partial charge on any atom is 0.194 e. The molecule has 0 N–H and O–H groups in total. The fourth-order valence-corrected chi connectivity index (χ4v) is 4.37. The predicted octanol–water partition coefficient (Wildman–Crippen LogP) is 7.56. The van der Waals surface area contributed by atoms with Gasteiger partial charge < -0.3 is 0 Å². The number of hydrogen-bond donors (Lipinski definition) is 0. The highest BCUT2D eigenvalue weighted by Gasteiger charge is 2.35. The lowest BCUT2D eigenvalue weighted by Gasteiger charge is -2.32. The molecule has 0 radical (unpaired) electrons. The fourth-order valence-electron chi connectivity index (χ4n) is 4.37. The molecule has 0 aromatic heterocycles. The molecule has 0 saturated heterocycles. The lowest BCUT2D eigenvalue weighted by atomic mass is 9.71. The fraction of sp³-hybridized carbons (Fsp3) is 0.250. The smallest absolute Gasteiger partial charge is 0.194 e. The van der Waals surface area contributed by atoms with E-state index in [1.807, 2.05) is 85.0 Å². The van der Waals surface area contributed by atoms with E-state index in [1.165, 1.54) is 0 Å². The Hall–Kier alpha value is -3.52. The number of allylic oxidation sites excluding steroid dienone is 10. The van der Waals surface area contributed by atoms with Crippen LogP contribution in [0.1, 0.15) is 52.7 Å². The van der Waals surface area contributed by atoms with E-state index in [-0.39, 0.29) is 22.4 Å². The Morgan fingerprint density at radius 3 is 1.18 bits per heavy atom. The van der Waals surface area contributed by atoms with Gasteiger partial charge in [-0.15, -0.1) is 0 Å². The molecule has 0 heterocycles. The molecule has 2 nitrogen and oxygen atoms in total. The van der Waals surface area contributed by atoms with Crippen LogP contribution in [0.4, 0.5) is 0 Å². The largest absolute Gasteiger partial charge is 0.289 e. The van der Waals surface area contributed by atoms with Crippen LogP contribution in [0.15, 0.2) is 107 Å². The van der Waals surface area contributed by atoms with E-state index >= 15 is 0 Å². The van der Waals surface area contributed by atoms with Gasteiger partial charge in [-0.2, -0.15) is 0 Å². The van der Waals surface area contributed by atoms with Crippen molar-refractivity contribution in [3.63, 3.8) is 0 Å². The Labute approximate surface area is 203 Å². The Balaban J connectivity index is 2.02. The van der Waals surface area contributed by atoms with Crippen LogP contribution in [-0.2, 0) is 9.59 Å². The molecule has 0 atom stereocenters. The number of hydrogen-bond acceptors (Lipinski definition) is 2. The molecule has 2 aromatic carbocycles. The zero-order valence-electron chi connectivity index (χ0n) is 20.9. The van der Waals surface area contributed by atoms with Gasteiger partial charge in [-0.3, -0.25) is 9.59 Å². The molecule has 34 heavy (non-hydrogen) atoms. The van der Waals surface area contributed by atoms with Crippen LogP contribution in [0.25, 0.3) is 11.1 Å². The first kappa shape index (κ1) is 23.6. The van der Waals surface area contributed by atoms with Crippen LogP contribution in [-0.4, -0.2) is 11.6 Å². The van der Waals surface area contributed by atoms with Crippen molar-refractivity contribution in [2.75, 3.05) is 0 Å². The van der Waals surface area contributed by atoms with Crippen molar-refractivity contribution in [2.45, 2.75) is 41.5 Å². The minimum absolute atomic E-state index is 0.00804. The quantitative estimate of drug-likeness (QED) is 0.475. The van der Waals surface area contributed by atoms with Crippen molar-refractivity contribution in [3.8, 4) is 0 Å². The van der Waals surface area contributed by atoms with Crippen LogP contribution < -0.4 is 0 Å². The van der Waals surface area contributed by atoms with Gasteiger partial charge in [0.1, 0.15) is 0 Å². The molecule has 0 spiro atoms. The zero-order valence-corrected chi connectivity index (χ0v) is 20.9. The third-order valence-electron chi connectivity index (χ3n) is 6.30. The van der Waals surface area contributed by atoms with E-state index in [0.717, 1.165) is 33.4 Å². The molecule has 0 fully saturated rings. The summed E-state index contributed by atoms with van der Waals surface area (Å²) < 4.78 is 0. The van der Waals surface area contributed by atoms with Crippen molar-refractivity contribution < 1.29 is 9.59 Å². The van der Waals surface area contributed by atoms with Crippen LogP contribution in [0.3, 0.4) is 0 Å².